The third-order valence-electron chi connectivity index (χ3n) is 5.46. The number of ether oxygens (including phenoxy) is 2. The van der Waals surface area contributed by atoms with Gasteiger partial charge in [0, 0.05) is 18.5 Å². The molecule has 2 aromatic carbocycles. The number of rotatable bonds is 7. The van der Waals surface area contributed by atoms with Gasteiger partial charge in [-0.15, -0.1) is 0 Å². The van der Waals surface area contributed by atoms with Crippen molar-refractivity contribution in [1.82, 2.24) is 4.98 Å². The van der Waals surface area contributed by atoms with Gasteiger partial charge in [0.05, 0.1) is 35.7 Å². The minimum absolute atomic E-state index is 0.0856. The molecule has 0 bridgehead atoms. The molecule has 1 saturated carbocycles. The first-order valence-corrected chi connectivity index (χ1v) is 10.5. The average molecular weight is 432 g/mol. The second-order valence-electron chi connectivity index (χ2n) is 7.60. The van der Waals surface area contributed by atoms with Crippen LogP contribution in [-0.2, 0) is 0 Å². The van der Waals surface area contributed by atoms with Crippen molar-refractivity contribution in [2.24, 2.45) is 0 Å². The van der Waals surface area contributed by atoms with Gasteiger partial charge in [-0.3, -0.25) is 14.7 Å². The number of aromatic carboxylic acids is 1. The Morgan fingerprint density at radius 3 is 2.41 bits per heavy atom. The highest BCUT2D eigenvalue weighted by molar-refractivity contribution is 6.11. The number of carboxylic acid groups (broad SMARTS) is 1. The summed E-state index contributed by atoms with van der Waals surface area (Å²) in [5.41, 5.74) is 1.43. The minimum atomic E-state index is -1.07. The summed E-state index contributed by atoms with van der Waals surface area (Å²) in [7, 11) is 1.57. The van der Waals surface area contributed by atoms with Gasteiger partial charge in [-0.05, 0) is 68.1 Å². The Labute approximate surface area is 186 Å². The zero-order chi connectivity index (χ0) is 22.5. The molecular weight excluding hydrogens is 408 g/mol. The van der Waals surface area contributed by atoms with Crippen molar-refractivity contribution in [1.29, 1.82) is 0 Å². The zero-order valence-electron chi connectivity index (χ0n) is 17.7. The molecule has 1 N–H and O–H groups in total. The molecule has 164 valence electrons. The molecule has 0 atom stereocenters. The van der Waals surface area contributed by atoms with Crippen LogP contribution in [0.15, 0.2) is 67.0 Å². The summed E-state index contributed by atoms with van der Waals surface area (Å²) in [6.45, 7) is 0. The van der Waals surface area contributed by atoms with Gasteiger partial charge >= 0.3 is 5.97 Å². The number of carbonyl (C=O) groups excluding carboxylic acids is 1. The molecule has 1 aliphatic rings. The second kappa shape index (κ2) is 9.51. The lowest BCUT2D eigenvalue weighted by atomic mass is 10.1. The number of methoxy groups -OCH3 is 1. The highest BCUT2D eigenvalue weighted by Gasteiger charge is 2.24. The summed E-state index contributed by atoms with van der Waals surface area (Å²) >= 11 is 0. The number of hydrogen-bond acceptors (Lipinski definition) is 5. The Hall–Kier alpha value is -3.87. The van der Waals surface area contributed by atoms with Gasteiger partial charge in [0.25, 0.3) is 5.91 Å². The highest BCUT2D eigenvalue weighted by atomic mass is 16.5. The maximum absolute atomic E-state index is 13.5. The van der Waals surface area contributed by atoms with E-state index in [0.29, 0.717) is 28.4 Å². The van der Waals surface area contributed by atoms with E-state index in [1.165, 1.54) is 23.2 Å². The zero-order valence-corrected chi connectivity index (χ0v) is 17.7. The van der Waals surface area contributed by atoms with Crippen LogP contribution in [0, 0.1) is 0 Å². The predicted molar refractivity (Wildman–Crippen MR) is 120 cm³/mol. The van der Waals surface area contributed by atoms with Gasteiger partial charge in [0.1, 0.15) is 0 Å². The van der Waals surface area contributed by atoms with Crippen LogP contribution in [0.1, 0.15) is 46.4 Å². The van der Waals surface area contributed by atoms with E-state index in [-0.39, 0.29) is 17.6 Å². The topological polar surface area (TPSA) is 89.0 Å². The summed E-state index contributed by atoms with van der Waals surface area (Å²) in [6.07, 6.45) is 7.39. The number of nitrogens with zero attached hydrogens (tertiary/aromatic N) is 2. The summed E-state index contributed by atoms with van der Waals surface area (Å²) in [5, 5.41) is 9.44. The Balaban J connectivity index is 1.80. The van der Waals surface area contributed by atoms with Crippen molar-refractivity contribution in [3.05, 3.63) is 78.1 Å². The molecule has 1 amide bonds. The molecule has 1 fully saturated rings. The van der Waals surface area contributed by atoms with E-state index >= 15 is 0 Å². The first kappa shape index (κ1) is 21.4. The van der Waals surface area contributed by atoms with E-state index in [2.05, 4.69) is 4.98 Å². The molecule has 0 unspecified atom stereocenters. The van der Waals surface area contributed by atoms with Crippen molar-refractivity contribution in [2.75, 3.05) is 12.0 Å². The van der Waals surface area contributed by atoms with Crippen molar-refractivity contribution < 1.29 is 24.2 Å². The Bertz CT molecular complexity index is 1110. The molecule has 4 rings (SSSR count). The molecule has 0 saturated heterocycles. The van der Waals surface area contributed by atoms with Crippen LogP contribution in [0.5, 0.6) is 11.5 Å². The lowest BCUT2D eigenvalue weighted by molar-refractivity contribution is 0.0696. The van der Waals surface area contributed by atoms with Gasteiger partial charge < -0.3 is 14.6 Å². The van der Waals surface area contributed by atoms with Crippen LogP contribution in [0.3, 0.4) is 0 Å². The molecule has 1 heterocycles. The van der Waals surface area contributed by atoms with E-state index in [1.54, 1.807) is 55.8 Å². The molecule has 0 aliphatic heterocycles. The van der Waals surface area contributed by atoms with E-state index in [9.17, 15) is 14.7 Å². The van der Waals surface area contributed by atoms with E-state index in [1.807, 2.05) is 0 Å². The largest absolute Gasteiger partial charge is 0.493 e. The molecule has 0 spiro atoms. The van der Waals surface area contributed by atoms with Crippen LogP contribution in [0.25, 0.3) is 0 Å². The first-order valence-electron chi connectivity index (χ1n) is 10.5. The van der Waals surface area contributed by atoms with E-state index < -0.39 is 5.97 Å². The van der Waals surface area contributed by atoms with Gasteiger partial charge in [-0.25, -0.2) is 4.79 Å². The number of benzene rings is 2. The molecule has 1 aliphatic carbocycles. The van der Waals surface area contributed by atoms with Crippen molar-refractivity contribution in [3.8, 4) is 11.5 Å². The molecular formula is C25H24N2O5. The Kier molecular flexibility index (Phi) is 6.35. The second-order valence-corrected chi connectivity index (χ2v) is 7.60. The number of anilines is 2. The van der Waals surface area contributed by atoms with Crippen LogP contribution >= 0.6 is 0 Å². The molecule has 7 nitrogen and oxygen atoms in total. The fourth-order valence-corrected chi connectivity index (χ4v) is 3.86. The Morgan fingerprint density at radius 2 is 1.72 bits per heavy atom. The van der Waals surface area contributed by atoms with E-state index in [0.717, 1.165) is 25.7 Å². The summed E-state index contributed by atoms with van der Waals surface area (Å²) in [4.78, 5) is 30.5. The molecule has 0 radical (unpaired) electrons. The van der Waals surface area contributed by atoms with Crippen LogP contribution < -0.4 is 14.4 Å². The van der Waals surface area contributed by atoms with Gasteiger partial charge in [-0.1, -0.05) is 6.07 Å². The third-order valence-corrected chi connectivity index (χ3v) is 5.46. The monoisotopic (exact) mass is 432 g/mol. The number of carboxylic acids is 1. The highest BCUT2D eigenvalue weighted by Crippen LogP contribution is 2.38. The summed E-state index contributed by atoms with van der Waals surface area (Å²) in [5.74, 6) is -0.276. The number of hydrogen-bond donors (Lipinski definition) is 1. The normalized spacial score (nSPS) is 13.5. The molecule has 7 heteroatoms. The minimum Gasteiger partial charge on any atom is -0.493 e. The van der Waals surface area contributed by atoms with E-state index in [4.69, 9.17) is 9.47 Å². The maximum atomic E-state index is 13.5. The average Bonchev–Trinajstić information content (AvgIpc) is 3.33. The van der Waals surface area contributed by atoms with Crippen molar-refractivity contribution in [2.45, 2.75) is 31.8 Å². The van der Waals surface area contributed by atoms with Crippen LogP contribution in [-0.4, -0.2) is 35.2 Å². The predicted octanol–water partition coefficient (Wildman–Crippen LogP) is 5.09. The SMILES string of the molecule is COc1ccc(N(C(=O)c2cccnc2)c2cccc(C(=O)O)c2)cc1OC1CCCC1. The quantitative estimate of drug-likeness (QED) is 0.560. The fourth-order valence-electron chi connectivity index (χ4n) is 3.86. The van der Waals surface area contributed by atoms with Gasteiger partial charge in [0.2, 0.25) is 0 Å². The van der Waals surface area contributed by atoms with Crippen molar-refractivity contribution >= 4 is 23.3 Å². The third kappa shape index (κ3) is 4.56. The van der Waals surface area contributed by atoms with Crippen molar-refractivity contribution in [3.63, 3.8) is 0 Å². The van der Waals surface area contributed by atoms with Gasteiger partial charge in [0.15, 0.2) is 11.5 Å². The molecule has 1 aromatic heterocycles. The lowest BCUT2D eigenvalue weighted by Crippen LogP contribution is -2.26. The standard InChI is InChI=1S/C25H24N2O5/c1-31-22-12-11-20(15-23(22)32-21-9-2-3-10-21)27(24(28)18-7-5-13-26-16-18)19-8-4-6-17(14-19)25(29)30/h4-8,11-16,21H,2-3,9-10H2,1H3,(H,29,30). The number of aromatic nitrogens is 1. The first-order chi connectivity index (χ1) is 15.6. The summed E-state index contributed by atoms with van der Waals surface area (Å²) < 4.78 is 11.7. The summed E-state index contributed by atoms with van der Waals surface area (Å²) in [6, 6.07) is 14.9. The molecule has 3 aromatic rings. The van der Waals surface area contributed by atoms with Crippen LogP contribution in [0.2, 0.25) is 0 Å². The number of pyridine rings is 1. The number of amides is 1. The lowest BCUT2D eigenvalue weighted by Gasteiger charge is -2.25. The Morgan fingerprint density at radius 1 is 0.969 bits per heavy atom. The van der Waals surface area contributed by atoms with Gasteiger partial charge in [-0.2, -0.15) is 0 Å². The maximum Gasteiger partial charge on any atom is 0.335 e. The van der Waals surface area contributed by atoms with Crippen LogP contribution in [0.4, 0.5) is 11.4 Å². The smallest absolute Gasteiger partial charge is 0.335 e. The number of carbonyl (C=O) groups is 2. The molecule has 32 heavy (non-hydrogen) atoms. The fraction of sp³-hybridized carbons (Fsp3) is 0.240.